The molecule has 84 valence electrons. The Morgan fingerprint density at radius 3 is 2.88 bits per heavy atom. The summed E-state index contributed by atoms with van der Waals surface area (Å²) >= 11 is 0. The Bertz CT molecular complexity index is 444. The molecule has 1 heterocycles. The molecule has 16 heavy (non-hydrogen) atoms. The van der Waals surface area contributed by atoms with Crippen LogP contribution in [0.5, 0.6) is 5.88 Å². The highest BCUT2D eigenvalue weighted by Gasteiger charge is 1.98. The Labute approximate surface area is 95.0 Å². The molecule has 4 nitrogen and oxygen atoms in total. The summed E-state index contributed by atoms with van der Waals surface area (Å²) < 4.78 is 4.99. The minimum absolute atomic E-state index is 0.0844. The summed E-state index contributed by atoms with van der Waals surface area (Å²) in [6.07, 6.45) is 0. The van der Waals surface area contributed by atoms with Crippen LogP contribution < -0.4 is 10.1 Å². The summed E-state index contributed by atoms with van der Waals surface area (Å²) in [7, 11) is 1.57. The van der Waals surface area contributed by atoms with Gasteiger partial charge in [-0.25, -0.2) is 4.98 Å². The number of hydrogen-bond donors (Lipinski definition) is 1. The van der Waals surface area contributed by atoms with Crippen molar-refractivity contribution in [3.05, 3.63) is 23.4 Å². The zero-order valence-corrected chi connectivity index (χ0v) is 9.63. The van der Waals surface area contributed by atoms with E-state index < -0.39 is 0 Å². The fourth-order valence-electron chi connectivity index (χ4n) is 1.09. The lowest BCUT2D eigenvalue weighted by Gasteiger charge is -2.01. The van der Waals surface area contributed by atoms with Crippen LogP contribution in [-0.4, -0.2) is 24.5 Å². The van der Waals surface area contributed by atoms with Crippen LogP contribution in [0.1, 0.15) is 18.2 Å². The maximum absolute atomic E-state index is 10.6. The molecule has 1 N–H and O–H groups in total. The molecule has 0 aliphatic carbocycles. The highest BCUT2D eigenvalue weighted by molar-refractivity contribution is 5.73. The van der Waals surface area contributed by atoms with Gasteiger partial charge in [-0.1, -0.05) is 11.8 Å². The van der Waals surface area contributed by atoms with Crippen LogP contribution in [0.15, 0.2) is 12.1 Å². The van der Waals surface area contributed by atoms with E-state index in [1.165, 1.54) is 6.92 Å². The molecule has 1 rings (SSSR count). The number of carbonyl (C=O) groups excluding carboxylic acids is 1. The summed E-state index contributed by atoms with van der Waals surface area (Å²) in [5.74, 6) is 6.28. The number of amides is 1. The molecule has 1 aromatic heterocycles. The van der Waals surface area contributed by atoms with Crippen molar-refractivity contribution in [1.82, 2.24) is 10.3 Å². The molecule has 0 aliphatic heterocycles. The first kappa shape index (κ1) is 12.1. The van der Waals surface area contributed by atoms with Crippen molar-refractivity contribution < 1.29 is 9.53 Å². The smallest absolute Gasteiger partial charge is 0.217 e. The van der Waals surface area contributed by atoms with Crippen molar-refractivity contribution in [1.29, 1.82) is 0 Å². The molecular formula is C12H14N2O2. The molecule has 0 fully saturated rings. The second kappa shape index (κ2) is 5.76. The number of methoxy groups -OCH3 is 1. The molecule has 4 heteroatoms. The van der Waals surface area contributed by atoms with Crippen LogP contribution >= 0.6 is 0 Å². The normalized spacial score (nSPS) is 8.94. The Hall–Kier alpha value is -2.02. The fraction of sp³-hybridized carbons (Fsp3) is 0.333. The maximum Gasteiger partial charge on any atom is 0.217 e. The Kier molecular flexibility index (Phi) is 4.34. The Morgan fingerprint density at radius 2 is 2.31 bits per heavy atom. The number of ether oxygens (including phenoxy) is 1. The number of nitrogens with one attached hydrogen (secondary N) is 1. The van der Waals surface area contributed by atoms with E-state index in [-0.39, 0.29) is 5.91 Å². The van der Waals surface area contributed by atoms with Crippen molar-refractivity contribution in [2.45, 2.75) is 13.8 Å². The number of aryl methyl sites for hydroxylation is 1. The summed E-state index contributed by atoms with van der Waals surface area (Å²) in [5.41, 5.74) is 1.65. The first-order valence-corrected chi connectivity index (χ1v) is 4.88. The van der Waals surface area contributed by atoms with Gasteiger partial charge in [0.2, 0.25) is 11.8 Å². The van der Waals surface area contributed by atoms with E-state index in [1.807, 2.05) is 13.0 Å². The van der Waals surface area contributed by atoms with Crippen molar-refractivity contribution in [2.24, 2.45) is 0 Å². The summed E-state index contributed by atoms with van der Waals surface area (Å²) in [6.45, 7) is 3.67. The van der Waals surface area contributed by atoms with Crippen LogP contribution in [0.3, 0.4) is 0 Å². The van der Waals surface area contributed by atoms with Crippen molar-refractivity contribution in [2.75, 3.05) is 13.7 Å². The van der Waals surface area contributed by atoms with Gasteiger partial charge in [0.15, 0.2) is 0 Å². The summed E-state index contributed by atoms with van der Waals surface area (Å²) in [4.78, 5) is 14.8. The predicted octanol–water partition coefficient (Wildman–Crippen LogP) is 0.886. The second-order valence-corrected chi connectivity index (χ2v) is 3.20. The lowest BCUT2D eigenvalue weighted by Crippen LogP contribution is -2.19. The van der Waals surface area contributed by atoms with Crippen LogP contribution in [-0.2, 0) is 4.79 Å². The van der Waals surface area contributed by atoms with Gasteiger partial charge in [0, 0.05) is 18.6 Å². The highest BCUT2D eigenvalue weighted by Crippen LogP contribution is 2.10. The number of nitrogens with zero attached hydrogens (tertiary/aromatic N) is 1. The van der Waals surface area contributed by atoms with E-state index in [9.17, 15) is 4.79 Å². The van der Waals surface area contributed by atoms with E-state index in [0.717, 1.165) is 11.3 Å². The van der Waals surface area contributed by atoms with E-state index in [0.29, 0.717) is 12.4 Å². The molecule has 1 aromatic rings. The van der Waals surface area contributed by atoms with Crippen LogP contribution in [0.2, 0.25) is 0 Å². The minimum Gasteiger partial charge on any atom is -0.481 e. The molecule has 0 bridgehead atoms. The SMILES string of the molecule is COc1ccc(C#CCNC(C)=O)c(C)n1. The Morgan fingerprint density at radius 1 is 1.56 bits per heavy atom. The molecule has 0 aliphatic rings. The van der Waals surface area contributed by atoms with E-state index >= 15 is 0 Å². The van der Waals surface area contributed by atoms with Gasteiger partial charge < -0.3 is 10.1 Å². The third kappa shape index (κ3) is 3.62. The van der Waals surface area contributed by atoms with Gasteiger partial charge in [0.25, 0.3) is 0 Å². The minimum atomic E-state index is -0.0844. The maximum atomic E-state index is 10.6. The quantitative estimate of drug-likeness (QED) is 0.750. The van der Waals surface area contributed by atoms with E-state index in [4.69, 9.17) is 4.74 Å². The van der Waals surface area contributed by atoms with Gasteiger partial charge in [-0.15, -0.1) is 0 Å². The first-order valence-electron chi connectivity index (χ1n) is 4.88. The molecule has 0 saturated heterocycles. The molecule has 0 atom stereocenters. The average Bonchev–Trinajstić information content (AvgIpc) is 2.25. The van der Waals surface area contributed by atoms with Gasteiger partial charge >= 0.3 is 0 Å². The van der Waals surface area contributed by atoms with Crippen molar-refractivity contribution in [3.63, 3.8) is 0 Å². The number of carbonyl (C=O) groups is 1. The molecule has 1 amide bonds. The lowest BCUT2D eigenvalue weighted by molar-refractivity contribution is -0.118. The van der Waals surface area contributed by atoms with Gasteiger partial charge in [-0.05, 0) is 13.0 Å². The van der Waals surface area contributed by atoms with Gasteiger partial charge in [-0.3, -0.25) is 4.79 Å². The average molecular weight is 218 g/mol. The standard InChI is InChI=1S/C12H14N2O2/c1-9-11(5-4-8-13-10(2)15)6-7-12(14-9)16-3/h6-7H,8H2,1-3H3,(H,13,15). The number of aromatic nitrogens is 1. The Balaban J connectivity index is 2.70. The van der Waals surface area contributed by atoms with Crippen molar-refractivity contribution in [3.8, 4) is 17.7 Å². The largest absolute Gasteiger partial charge is 0.481 e. The number of pyridine rings is 1. The molecular weight excluding hydrogens is 204 g/mol. The van der Waals surface area contributed by atoms with Crippen LogP contribution in [0, 0.1) is 18.8 Å². The molecule has 0 saturated carbocycles. The van der Waals surface area contributed by atoms with Crippen LogP contribution in [0.25, 0.3) is 0 Å². The number of hydrogen-bond acceptors (Lipinski definition) is 3. The second-order valence-electron chi connectivity index (χ2n) is 3.20. The summed E-state index contributed by atoms with van der Waals surface area (Å²) in [6, 6.07) is 3.61. The first-order chi connectivity index (χ1) is 7.63. The monoisotopic (exact) mass is 218 g/mol. The third-order valence-corrected chi connectivity index (χ3v) is 1.92. The zero-order chi connectivity index (χ0) is 12.0. The molecule has 0 spiro atoms. The third-order valence-electron chi connectivity index (χ3n) is 1.92. The van der Waals surface area contributed by atoms with E-state index in [1.54, 1.807) is 13.2 Å². The van der Waals surface area contributed by atoms with Gasteiger partial charge in [-0.2, -0.15) is 0 Å². The highest BCUT2D eigenvalue weighted by atomic mass is 16.5. The van der Waals surface area contributed by atoms with Gasteiger partial charge in [0.05, 0.1) is 19.3 Å². The lowest BCUT2D eigenvalue weighted by atomic mass is 10.2. The fourth-order valence-corrected chi connectivity index (χ4v) is 1.09. The van der Waals surface area contributed by atoms with Gasteiger partial charge in [0.1, 0.15) is 0 Å². The topological polar surface area (TPSA) is 51.2 Å². The van der Waals surface area contributed by atoms with E-state index in [2.05, 4.69) is 22.1 Å². The molecule has 0 aromatic carbocycles. The zero-order valence-electron chi connectivity index (χ0n) is 9.63. The molecule has 0 unspecified atom stereocenters. The predicted molar refractivity (Wildman–Crippen MR) is 61.1 cm³/mol. The number of rotatable bonds is 2. The summed E-state index contributed by atoms with van der Waals surface area (Å²) in [5, 5.41) is 2.60. The van der Waals surface area contributed by atoms with Crippen molar-refractivity contribution >= 4 is 5.91 Å². The molecule has 0 radical (unpaired) electrons. The van der Waals surface area contributed by atoms with Crippen LogP contribution in [0.4, 0.5) is 0 Å².